The number of aliphatic imine (C=N–C) groups is 1. The van der Waals surface area contributed by atoms with Crippen molar-refractivity contribution in [2.24, 2.45) is 10.7 Å². The number of carbonyl (C=O) groups excluding carboxylic acids is 1. The zero-order valence-corrected chi connectivity index (χ0v) is 13.1. The molecule has 5 nitrogen and oxygen atoms in total. The summed E-state index contributed by atoms with van der Waals surface area (Å²) in [6, 6.07) is 8.61. The molecule has 0 bridgehead atoms. The van der Waals surface area contributed by atoms with Crippen LogP contribution < -0.4 is 11.1 Å². The van der Waals surface area contributed by atoms with Gasteiger partial charge in [-0.2, -0.15) is 0 Å². The Bertz CT molecular complexity index is 566. The number of nitrogens with two attached hydrogens (primary N) is 1. The van der Waals surface area contributed by atoms with Gasteiger partial charge in [-0.05, 0) is 24.0 Å². The highest BCUT2D eigenvalue weighted by molar-refractivity contribution is 6.11. The third kappa shape index (κ3) is 4.43. The quantitative estimate of drug-likeness (QED) is 0.469. The molecule has 1 aromatic carbocycles. The van der Waals surface area contributed by atoms with Crippen LogP contribution in [0, 0.1) is 0 Å². The maximum Gasteiger partial charge on any atom is 0.254 e. The molecule has 0 aromatic heterocycles. The smallest absolute Gasteiger partial charge is 0.254 e. The first-order valence-corrected chi connectivity index (χ1v) is 7.66. The molecular formula is C17H24N4O. The third-order valence-corrected chi connectivity index (χ3v) is 3.86. The van der Waals surface area contributed by atoms with Gasteiger partial charge in [-0.25, -0.2) is 0 Å². The predicted molar refractivity (Wildman–Crippen MR) is 89.7 cm³/mol. The molecule has 0 radical (unpaired) electrons. The van der Waals surface area contributed by atoms with Crippen LogP contribution in [0.2, 0.25) is 0 Å². The molecule has 1 aliphatic heterocycles. The van der Waals surface area contributed by atoms with Crippen LogP contribution in [0.1, 0.15) is 17.5 Å². The summed E-state index contributed by atoms with van der Waals surface area (Å²) in [6.07, 6.45) is 4.78. The third-order valence-electron chi connectivity index (χ3n) is 3.86. The van der Waals surface area contributed by atoms with Gasteiger partial charge in [-0.3, -0.25) is 14.7 Å². The minimum Gasteiger partial charge on any atom is -0.404 e. The summed E-state index contributed by atoms with van der Waals surface area (Å²) in [5.41, 5.74) is 8.68. The van der Waals surface area contributed by atoms with Gasteiger partial charge in [-0.15, -0.1) is 0 Å². The van der Waals surface area contributed by atoms with Gasteiger partial charge in [0.25, 0.3) is 5.91 Å². The van der Waals surface area contributed by atoms with E-state index in [1.807, 2.05) is 0 Å². The van der Waals surface area contributed by atoms with Crippen molar-refractivity contribution in [3.05, 3.63) is 47.2 Å². The molecule has 3 N–H and O–H groups in total. The Morgan fingerprint density at radius 3 is 2.91 bits per heavy atom. The van der Waals surface area contributed by atoms with Crippen molar-refractivity contribution in [1.29, 1.82) is 0 Å². The molecule has 0 saturated heterocycles. The fraction of sp³-hybridized carbons (Fsp3) is 0.412. The maximum absolute atomic E-state index is 11.8. The van der Waals surface area contributed by atoms with Crippen LogP contribution in [-0.2, 0) is 17.8 Å². The highest BCUT2D eigenvalue weighted by atomic mass is 16.1. The van der Waals surface area contributed by atoms with Gasteiger partial charge in [0.05, 0.1) is 5.57 Å². The topological polar surface area (TPSA) is 70.7 Å². The summed E-state index contributed by atoms with van der Waals surface area (Å²) >= 11 is 0. The number of nitrogens with zero attached hydrogens (tertiary/aromatic N) is 2. The second-order valence-electron chi connectivity index (χ2n) is 5.41. The lowest BCUT2D eigenvalue weighted by molar-refractivity contribution is -0.117. The minimum atomic E-state index is -0.169. The van der Waals surface area contributed by atoms with E-state index in [0.717, 1.165) is 32.5 Å². The summed E-state index contributed by atoms with van der Waals surface area (Å²) in [6.45, 7) is 3.71. The van der Waals surface area contributed by atoms with Crippen LogP contribution in [0.4, 0.5) is 0 Å². The number of carbonyl (C=O) groups is 1. The fourth-order valence-electron chi connectivity index (χ4n) is 2.67. The largest absolute Gasteiger partial charge is 0.404 e. The average Bonchev–Trinajstić information content (AvgIpc) is 2.56. The van der Waals surface area contributed by atoms with Crippen molar-refractivity contribution in [2.75, 3.05) is 26.7 Å². The van der Waals surface area contributed by atoms with Crippen molar-refractivity contribution in [3.8, 4) is 0 Å². The summed E-state index contributed by atoms with van der Waals surface area (Å²) in [7, 11) is 1.62. The number of nitrogens with one attached hydrogen (secondary N) is 1. The van der Waals surface area contributed by atoms with E-state index in [2.05, 4.69) is 39.5 Å². The normalized spacial score (nSPS) is 15.8. The summed E-state index contributed by atoms with van der Waals surface area (Å²) in [5.74, 6) is -0.169. The molecule has 22 heavy (non-hydrogen) atoms. The van der Waals surface area contributed by atoms with Gasteiger partial charge < -0.3 is 11.1 Å². The van der Waals surface area contributed by atoms with Crippen LogP contribution in [0.5, 0.6) is 0 Å². The molecule has 1 aromatic rings. The zero-order chi connectivity index (χ0) is 15.8. The Morgan fingerprint density at radius 2 is 2.18 bits per heavy atom. The first kappa shape index (κ1) is 16.2. The van der Waals surface area contributed by atoms with Gasteiger partial charge >= 0.3 is 0 Å². The van der Waals surface area contributed by atoms with Crippen molar-refractivity contribution >= 4 is 12.1 Å². The van der Waals surface area contributed by atoms with Gasteiger partial charge in [0, 0.05) is 45.6 Å². The lowest BCUT2D eigenvalue weighted by atomic mass is 10.00. The average molecular weight is 300 g/mol. The van der Waals surface area contributed by atoms with Crippen molar-refractivity contribution in [2.45, 2.75) is 19.4 Å². The Kier molecular flexibility index (Phi) is 6.15. The Morgan fingerprint density at radius 1 is 1.41 bits per heavy atom. The Balaban J connectivity index is 1.71. The molecule has 1 heterocycles. The number of amides is 1. The highest BCUT2D eigenvalue weighted by Gasteiger charge is 2.15. The first-order valence-electron chi connectivity index (χ1n) is 7.66. The van der Waals surface area contributed by atoms with Crippen LogP contribution in [0.15, 0.2) is 41.0 Å². The first-order chi connectivity index (χ1) is 10.7. The molecule has 0 atom stereocenters. The van der Waals surface area contributed by atoms with Crippen LogP contribution in [0.25, 0.3) is 0 Å². The molecule has 2 rings (SSSR count). The lowest BCUT2D eigenvalue weighted by Gasteiger charge is -2.28. The monoisotopic (exact) mass is 300 g/mol. The van der Waals surface area contributed by atoms with Gasteiger partial charge in [0.2, 0.25) is 0 Å². The SMILES string of the molecule is CN=C/C(=C\N)C(=O)NCCCN1CCc2ccccc2C1. The van der Waals surface area contributed by atoms with E-state index in [4.69, 9.17) is 5.73 Å². The summed E-state index contributed by atoms with van der Waals surface area (Å²) in [5, 5.41) is 2.87. The van der Waals surface area contributed by atoms with Crippen LogP contribution in [0.3, 0.4) is 0 Å². The summed E-state index contributed by atoms with van der Waals surface area (Å²) in [4.78, 5) is 18.1. The van der Waals surface area contributed by atoms with Gasteiger partial charge in [0.15, 0.2) is 0 Å². The molecule has 0 unspecified atom stereocenters. The standard InChI is InChI=1S/C17H24N4O/c1-19-12-16(11-18)17(22)20-8-4-9-21-10-7-14-5-2-3-6-15(14)13-21/h2-3,5-6,11-12H,4,7-10,13,18H2,1H3,(H,20,22)/b16-11+,19-12?. The molecule has 118 valence electrons. The van der Waals surface area contributed by atoms with Crippen molar-refractivity contribution < 1.29 is 4.79 Å². The second kappa shape index (κ2) is 8.34. The van der Waals surface area contributed by atoms with Crippen LogP contribution in [-0.4, -0.2) is 43.7 Å². The molecule has 0 aliphatic carbocycles. The van der Waals surface area contributed by atoms with E-state index in [1.54, 1.807) is 7.05 Å². The highest BCUT2D eigenvalue weighted by Crippen LogP contribution is 2.18. The number of fused-ring (bicyclic) bond motifs is 1. The van der Waals surface area contributed by atoms with Crippen LogP contribution >= 0.6 is 0 Å². The number of hydrogen-bond acceptors (Lipinski definition) is 4. The van der Waals surface area contributed by atoms with E-state index in [9.17, 15) is 4.79 Å². The Labute approximate surface area is 131 Å². The molecule has 0 saturated carbocycles. The lowest BCUT2D eigenvalue weighted by Crippen LogP contribution is -2.34. The minimum absolute atomic E-state index is 0.169. The molecule has 1 aliphatic rings. The van der Waals surface area contributed by atoms with E-state index in [-0.39, 0.29) is 5.91 Å². The molecule has 5 heteroatoms. The second-order valence-corrected chi connectivity index (χ2v) is 5.41. The maximum atomic E-state index is 11.8. The van der Waals surface area contributed by atoms with Gasteiger partial charge in [-0.1, -0.05) is 24.3 Å². The number of benzene rings is 1. The van der Waals surface area contributed by atoms with E-state index >= 15 is 0 Å². The van der Waals surface area contributed by atoms with E-state index in [0.29, 0.717) is 12.1 Å². The van der Waals surface area contributed by atoms with Crippen molar-refractivity contribution in [3.63, 3.8) is 0 Å². The van der Waals surface area contributed by atoms with E-state index in [1.165, 1.54) is 23.5 Å². The fourth-order valence-corrected chi connectivity index (χ4v) is 2.67. The Hall–Kier alpha value is -2.14. The van der Waals surface area contributed by atoms with Crippen molar-refractivity contribution in [1.82, 2.24) is 10.2 Å². The zero-order valence-electron chi connectivity index (χ0n) is 13.1. The molecule has 0 spiro atoms. The number of hydrogen-bond donors (Lipinski definition) is 2. The molecule has 0 fully saturated rings. The van der Waals surface area contributed by atoms with E-state index < -0.39 is 0 Å². The summed E-state index contributed by atoms with van der Waals surface area (Å²) < 4.78 is 0. The van der Waals surface area contributed by atoms with Gasteiger partial charge in [0.1, 0.15) is 0 Å². The predicted octanol–water partition coefficient (Wildman–Crippen LogP) is 1.09. The number of rotatable bonds is 6. The molecule has 1 amide bonds. The molecular weight excluding hydrogens is 276 g/mol.